The van der Waals surface area contributed by atoms with Crippen molar-refractivity contribution < 1.29 is 24.1 Å². The first kappa shape index (κ1) is 13.6. The molecule has 0 spiro atoms. The Morgan fingerprint density at radius 2 is 1.67 bits per heavy atom. The Bertz CT molecular complexity index is 631. The van der Waals surface area contributed by atoms with Crippen LogP contribution >= 0.6 is 0 Å². The average Bonchev–Trinajstić information content (AvgIpc) is 3.00. The molecule has 0 saturated carbocycles. The molecular weight excluding hydrogens is 272 g/mol. The van der Waals surface area contributed by atoms with Gasteiger partial charge in [-0.15, -0.1) is 0 Å². The number of methoxy groups -OCH3 is 2. The van der Waals surface area contributed by atoms with Crippen LogP contribution < -0.4 is 18.9 Å². The molecule has 1 N–H and O–H groups in total. The van der Waals surface area contributed by atoms with Gasteiger partial charge in [-0.05, 0) is 29.8 Å². The van der Waals surface area contributed by atoms with Crippen molar-refractivity contribution in [3.63, 3.8) is 0 Å². The summed E-state index contributed by atoms with van der Waals surface area (Å²) in [5.41, 5.74) is 1.27. The Morgan fingerprint density at radius 3 is 2.33 bits per heavy atom. The third kappa shape index (κ3) is 2.36. The normalized spacial score (nSPS) is 13.9. The van der Waals surface area contributed by atoms with Crippen LogP contribution in [0.4, 0.5) is 0 Å². The molecule has 0 amide bonds. The van der Waals surface area contributed by atoms with E-state index in [0.717, 1.165) is 0 Å². The van der Waals surface area contributed by atoms with Crippen LogP contribution in [0.1, 0.15) is 17.2 Å². The third-order valence-electron chi connectivity index (χ3n) is 3.45. The quantitative estimate of drug-likeness (QED) is 0.936. The lowest BCUT2D eigenvalue weighted by Gasteiger charge is -2.18. The second kappa shape index (κ2) is 5.54. The molecule has 2 aromatic rings. The van der Waals surface area contributed by atoms with Crippen molar-refractivity contribution >= 4 is 0 Å². The molecule has 1 unspecified atom stereocenters. The van der Waals surface area contributed by atoms with Crippen molar-refractivity contribution in [3.8, 4) is 23.0 Å². The zero-order valence-corrected chi connectivity index (χ0v) is 11.8. The van der Waals surface area contributed by atoms with Crippen LogP contribution in [0, 0.1) is 0 Å². The van der Waals surface area contributed by atoms with E-state index in [4.69, 9.17) is 18.9 Å². The molecule has 0 saturated heterocycles. The van der Waals surface area contributed by atoms with Crippen LogP contribution in [0.5, 0.6) is 23.0 Å². The van der Waals surface area contributed by atoms with Gasteiger partial charge in [0.05, 0.1) is 19.8 Å². The Labute approximate surface area is 122 Å². The number of aliphatic hydroxyl groups excluding tert-OH is 1. The first-order valence-corrected chi connectivity index (χ1v) is 6.53. The molecule has 0 bridgehead atoms. The molecule has 0 aliphatic carbocycles. The minimum absolute atomic E-state index is 0.201. The fourth-order valence-corrected chi connectivity index (χ4v) is 2.40. The molecule has 0 fully saturated rings. The van der Waals surface area contributed by atoms with Crippen LogP contribution in [0.25, 0.3) is 0 Å². The van der Waals surface area contributed by atoms with E-state index in [1.54, 1.807) is 44.6 Å². The summed E-state index contributed by atoms with van der Waals surface area (Å²) in [5, 5.41) is 10.7. The molecule has 2 aromatic carbocycles. The van der Waals surface area contributed by atoms with Gasteiger partial charge in [0.1, 0.15) is 17.6 Å². The second-order valence-electron chi connectivity index (χ2n) is 4.59. The maximum absolute atomic E-state index is 10.7. The number of aliphatic hydroxyl groups is 1. The highest BCUT2D eigenvalue weighted by atomic mass is 16.7. The Kier molecular flexibility index (Phi) is 3.58. The summed E-state index contributed by atoms with van der Waals surface area (Å²) in [6.07, 6.45) is -0.884. The molecule has 1 aliphatic rings. The van der Waals surface area contributed by atoms with Crippen molar-refractivity contribution in [3.05, 3.63) is 47.5 Å². The van der Waals surface area contributed by atoms with E-state index in [0.29, 0.717) is 34.1 Å². The molecule has 5 heteroatoms. The minimum atomic E-state index is -0.884. The largest absolute Gasteiger partial charge is 0.496 e. The molecule has 0 aromatic heterocycles. The van der Waals surface area contributed by atoms with Gasteiger partial charge in [-0.1, -0.05) is 12.1 Å². The number of benzene rings is 2. The number of hydrogen-bond donors (Lipinski definition) is 1. The zero-order chi connectivity index (χ0) is 14.8. The van der Waals surface area contributed by atoms with E-state index < -0.39 is 6.10 Å². The average molecular weight is 288 g/mol. The molecule has 110 valence electrons. The maximum atomic E-state index is 10.7. The standard InChI is InChI=1S/C16H16O5/c1-18-12-4-3-5-13(19-2)15(12)16(17)10-6-7-11-14(8-10)21-9-20-11/h3-8,16-17H,9H2,1-2H3. The molecule has 0 radical (unpaired) electrons. The molecule has 21 heavy (non-hydrogen) atoms. The van der Waals surface area contributed by atoms with Crippen LogP contribution in [0.3, 0.4) is 0 Å². The second-order valence-corrected chi connectivity index (χ2v) is 4.59. The Balaban J connectivity index is 2.04. The molecule has 1 aliphatic heterocycles. The number of fused-ring (bicyclic) bond motifs is 1. The maximum Gasteiger partial charge on any atom is 0.231 e. The Morgan fingerprint density at radius 1 is 1.00 bits per heavy atom. The summed E-state index contributed by atoms with van der Waals surface area (Å²) < 4.78 is 21.3. The predicted octanol–water partition coefficient (Wildman–Crippen LogP) is 2.51. The van der Waals surface area contributed by atoms with Crippen molar-refractivity contribution in [1.29, 1.82) is 0 Å². The lowest BCUT2D eigenvalue weighted by atomic mass is 9.99. The van der Waals surface area contributed by atoms with Crippen LogP contribution in [-0.2, 0) is 0 Å². The predicted molar refractivity (Wildman–Crippen MR) is 76.2 cm³/mol. The number of rotatable bonds is 4. The highest BCUT2D eigenvalue weighted by molar-refractivity contribution is 5.52. The first-order valence-electron chi connectivity index (χ1n) is 6.53. The van der Waals surface area contributed by atoms with E-state index in [1.165, 1.54) is 0 Å². The molecular formula is C16H16O5. The van der Waals surface area contributed by atoms with Gasteiger partial charge < -0.3 is 24.1 Å². The molecule has 1 atom stereocenters. The van der Waals surface area contributed by atoms with Crippen LogP contribution in [0.2, 0.25) is 0 Å². The molecule has 3 rings (SSSR count). The fourth-order valence-electron chi connectivity index (χ4n) is 2.40. The molecule has 5 nitrogen and oxygen atoms in total. The SMILES string of the molecule is COc1cccc(OC)c1C(O)c1ccc2c(c1)OCO2. The highest BCUT2D eigenvalue weighted by Gasteiger charge is 2.23. The van der Waals surface area contributed by atoms with Gasteiger partial charge in [0.15, 0.2) is 11.5 Å². The highest BCUT2D eigenvalue weighted by Crippen LogP contribution is 2.40. The van der Waals surface area contributed by atoms with Crippen LogP contribution in [0.15, 0.2) is 36.4 Å². The molecule has 1 heterocycles. The lowest BCUT2D eigenvalue weighted by molar-refractivity contribution is 0.173. The van der Waals surface area contributed by atoms with Gasteiger partial charge in [-0.2, -0.15) is 0 Å². The van der Waals surface area contributed by atoms with E-state index in [1.807, 2.05) is 6.07 Å². The number of hydrogen-bond acceptors (Lipinski definition) is 5. The smallest absolute Gasteiger partial charge is 0.231 e. The minimum Gasteiger partial charge on any atom is -0.496 e. The van der Waals surface area contributed by atoms with Gasteiger partial charge in [0.2, 0.25) is 6.79 Å². The third-order valence-corrected chi connectivity index (χ3v) is 3.45. The van der Waals surface area contributed by atoms with Gasteiger partial charge in [-0.3, -0.25) is 0 Å². The fraction of sp³-hybridized carbons (Fsp3) is 0.250. The zero-order valence-electron chi connectivity index (χ0n) is 11.8. The van der Waals surface area contributed by atoms with Gasteiger partial charge in [-0.25, -0.2) is 0 Å². The van der Waals surface area contributed by atoms with E-state index in [-0.39, 0.29) is 6.79 Å². The van der Waals surface area contributed by atoms with Gasteiger partial charge in [0, 0.05) is 0 Å². The lowest BCUT2D eigenvalue weighted by Crippen LogP contribution is -2.05. The summed E-state index contributed by atoms with van der Waals surface area (Å²) in [6, 6.07) is 10.7. The summed E-state index contributed by atoms with van der Waals surface area (Å²) in [6.45, 7) is 0.201. The summed E-state index contributed by atoms with van der Waals surface area (Å²) in [5.74, 6) is 2.44. The van der Waals surface area contributed by atoms with E-state index in [2.05, 4.69) is 0 Å². The number of ether oxygens (including phenoxy) is 4. The van der Waals surface area contributed by atoms with E-state index >= 15 is 0 Å². The monoisotopic (exact) mass is 288 g/mol. The summed E-state index contributed by atoms with van der Waals surface area (Å²) in [7, 11) is 3.12. The summed E-state index contributed by atoms with van der Waals surface area (Å²) >= 11 is 0. The van der Waals surface area contributed by atoms with Crippen molar-refractivity contribution in [2.24, 2.45) is 0 Å². The first-order chi connectivity index (χ1) is 10.2. The summed E-state index contributed by atoms with van der Waals surface area (Å²) in [4.78, 5) is 0. The van der Waals surface area contributed by atoms with Crippen molar-refractivity contribution in [2.45, 2.75) is 6.10 Å². The van der Waals surface area contributed by atoms with Crippen molar-refractivity contribution in [2.75, 3.05) is 21.0 Å². The van der Waals surface area contributed by atoms with E-state index in [9.17, 15) is 5.11 Å². The topological polar surface area (TPSA) is 57.2 Å². The van der Waals surface area contributed by atoms with Crippen molar-refractivity contribution in [1.82, 2.24) is 0 Å². The van der Waals surface area contributed by atoms with Gasteiger partial charge >= 0.3 is 0 Å². The Hall–Kier alpha value is -2.40. The van der Waals surface area contributed by atoms with Crippen LogP contribution in [-0.4, -0.2) is 26.1 Å². The van der Waals surface area contributed by atoms with Gasteiger partial charge in [0.25, 0.3) is 0 Å².